The fourth-order valence-corrected chi connectivity index (χ4v) is 3.32. The number of piperazine rings is 1. The van der Waals surface area contributed by atoms with Crippen molar-refractivity contribution in [2.45, 2.75) is 4.90 Å². The maximum atomic E-state index is 12.4. The Kier molecular flexibility index (Phi) is 6.75. The molecule has 0 saturated carbocycles. The normalized spacial score (nSPS) is 15.3. The number of hydrogen-bond donors (Lipinski definition) is 1. The predicted octanol–water partition coefficient (Wildman–Crippen LogP) is 4.27. The minimum atomic E-state index is -0.0126. The fraction of sp³-hybridized carbons (Fsp3) is 0.286. The van der Waals surface area contributed by atoms with Crippen LogP contribution in [0.1, 0.15) is 5.56 Å². The van der Waals surface area contributed by atoms with E-state index in [1.165, 1.54) is 10.5 Å². The SMILES string of the molecule is CSc1ccc(NC(=O)N2CCN(C/C=C\c3ccccc3)CC2)cc1. The molecule has 0 aromatic heterocycles. The molecule has 0 radical (unpaired) electrons. The second kappa shape index (κ2) is 9.46. The third-order valence-electron chi connectivity index (χ3n) is 4.47. The number of nitrogens with one attached hydrogen (secondary N) is 1. The average molecular weight is 368 g/mol. The number of carbonyl (C=O) groups is 1. The number of hydrogen-bond acceptors (Lipinski definition) is 3. The monoisotopic (exact) mass is 367 g/mol. The summed E-state index contributed by atoms with van der Waals surface area (Å²) in [5.74, 6) is 0. The Hall–Kier alpha value is -2.24. The zero-order valence-electron chi connectivity index (χ0n) is 15.1. The molecule has 1 heterocycles. The molecule has 1 saturated heterocycles. The molecule has 0 aliphatic carbocycles. The van der Waals surface area contributed by atoms with Crippen molar-refractivity contribution in [3.05, 3.63) is 66.2 Å². The third kappa shape index (κ3) is 5.38. The van der Waals surface area contributed by atoms with E-state index in [4.69, 9.17) is 0 Å². The second-order valence-electron chi connectivity index (χ2n) is 6.26. The van der Waals surface area contributed by atoms with Crippen LogP contribution < -0.4 is 5.32 Å². The molecule has 3 rings (SSSR count). The maximum Gasteiger partial charge on any atom is 0.321 e. The summed E-state index contributed by atoms with van der Waals surface area (Å²) in [6.45, 7) is 4.23. The van der Waals surface area contributed by atoms with Crippen LogP contribution in [-0.2, 0) is 0 Å². The first kappa shape index (κ1) is 18.5. The van der Waals surface area contributed by atoms with Crippen molar-refractivity contribution < 1.29 is 4.79 Å². The Balaban J connectivity index is 1.42. The summed E-state index contributed by atoms with van der Waals surface area (Å²) in [5.41, 5.74) is 2.07. The van der Waals surface area contributed by atoms with Crippen LogP contribution in [0.2, 0.25) is 0 Å². The molecule has 1 aliphatic heterocycles. The van der Waals surface area contributed by atoms with E-state index in [0.29, 0.717) is 0 Å². The molecule has 26 heavy (non-hydrogen) atoms. The molecule has 2 aromatic carbocycles. The van der Waals surface area contributed by atoms with Gasteiger partial charge in [-0.3, -0.25) is 4.90 Å². The van der Waals surface area contributed by atoms with Gasteiger partial charge in [-0.05, 0) is 36.1 Å². The summed E-state index contributed by atoms with van der Waals surface area (Å²) in [4.78, 5) is 17.9. The first-order valence-electron chi connectivity index (χ1n) is 8.88. The minimum absolute atomic E-state index is 0.0126. The number of thioether (sulfide) groups is 1. The molecular weight excluding hydrogens is 342 g/mol. The van der Waals surface area contributed by atoms with E-state index in [-0.39, 0.29) is 6.03 Å². The zero-order chi connectivity index (χ0) is 18.2. The first-order valence-corrected chi connectivity index (χ1v) is 10.1. The van der Waals surface area contributed by atoms with E-state index in [1.807, 2.05) is 53.6 Å². The lowest BCUT2D eigenvalue weighted by Crippen LogP contribution is -2.49. The number of nitrogens with zero attached hydrogens (tertiary/aromatic N) is 2. The van der Waals surface area contributed by atoms with Gasteiger partial charge in [-0.25, -0.2) is 4.79 Å². The molecule has 1 aliphatic rings. The Morgan fingerprint density at radius 1 is 1.04 bits per heavy atom. The maximum absolute atomic E-state index is 12.4. The molecular formula is C21H25N3OS. The van der Waals surface area contributed by atoms with Crippen LogP contribution in [0.15, 0.2) is 65.6 Å². The summed E-state index contributed by atoms with van der Waals surface area (Å²) in [6, 6.07) is 18.3. The standard InChI is InChI=1S/C21H25N3OS/c1-26-20-11-9-19(10-12-20)22-21(25)24-16-14-23(15-17-24)13-5-8-18-6-3-2-4-7-18/h2-12H,13-17H2,1H3,(H,22,25)/b8-5-. The molecule has 136 valence electrons. The molecule has 2 aromatic rings. The van der Waals surface area contributed by atoms with Gasteiger partial charge in [0, 0.05) is 43.3 Å². The smallest absolute Gasteiger partial charge is 0.321 e. The van der Waals surface area contributed by atoms with Gasteiger partial charge in [-0.2, -0.15) is 0 Å². The highest BCUT2D eigenvalue weighted by molar-refractivity contribution is 7.98. The van der Waals surface area contributed by atoms with E-state index in [9.17, 15) is 4.79 Å². The number of urea groups is 1. The lowest BCUT2D eigenvalue weighted by atomic mass is 10.2. The lowest BCUT2D eigenvalue weighted by Gasteiger charge is -2.34. The van der Waals surface area contributed by atoms with Crippen molar-refractivity contribution in [1.82, 2.24) is 9.80 Å². The summed E-state index contributed by atoms with van der Waals surface area (Å²) in [7, 11) is 0. The van der Waals surface area contributed by atoms with E-state index >= 15 is 0 Å². The van der Waals surface area contributed by atoms with E-state index in [2.05, 4.69) is 34.5 Å². The largest absolute Gasteiger partial charge is 0.322 e. The number of rotatable bonds is 5. The molecule has 4 nitrogen and oxygen atoms in total. The highest BCUT2D eigenvalue weighted by Gasteiger charge is 2.20. The topological polar surface area (TPSA) is 35.6 Å². The van der Waals surface area contributed by atoms with Crippen molar-refractivity contribution >= 4 is 29.6 Å². The highest BCUT2D eigenvalue weighted by Crippen LogP contribution is 2.18. The third-order valence-corrected chi connectivity index (χ3v) is 5.22. The predicted molar refractivity (Wildman–Crippen MR) is 111 cm³/mol. The fourth-order valence-electron chi connectivity index (χ4n) is 2.91. The van der Waals surface area contributed by atoms with E-state index < -0.39 is 0 Å². The van der Waals surface area contributed by atoms with Gasteiger partial charge in [0.05, 0.1) is 0 Å². The Labute approximate surface area is 159 Å². The molecule has 2 amide bonds. The Morgan fingerprint density at radius 3 is 2.38 bits per heavy atom. The van der Waals surface area contributed by atoms with Gasteiger partial charge in [-0.1, -0.05) is 42.5 Å². The number of amides is 2. The summed E-state index contributed by atoms with van der Waals surface area (Å²) < 4.78 is 0. The Bertz CT molecular complexity index is 723. The van der Waals surface area contributed by atoms with Crippen LogP contribution in [0.3, 0.4) is 0 Å². The Morgan fingerprint density at radius 2 is 1.73 bits per heavy atom. The van der Waals surface area contributed by atoms with Gasteiger partial charge >= 0.3 is 6.03 Å². The van der Waals surface area contributed by atoms with Gasteiger partial charge in [0.1, 0.15) is 0 Å². The average Bonchev–Trinajstić information content (AvgIpc) is 2.70. The molecule has 0 bridgehead atoms. The summed E-state index contributed by atoms with van der Waals surface area (Å²) >= 11 is 1.70. The van der Waals surface area contributed by atoms with Crippen LogP contribution in [0.4, 0.5) is 10.5 Å². The minimum Gasteiger partial charge on any atom is -0.322 e. The van der Waals surface area contributed by atoms with Crippen LogP contribution in [0, 0.1) is 0 Å². The van der Waals surface area contributed by atoms with Crippen molar-refractivity contribution in [2.24, 2.45) is 0 Å². The van der Waals surface area contributed by atoms with Gasteiger partial charge in [-0.15, -0.1) is 11.8 Å². The van der Waals surface area contributed by atoms with Gasteiger partial charge < -0.3 is 10.2 Å². The zero-order valence-corrected chi connectivity index (χ0v) is 15.9. The van der Waals surface area contributed by atoms with E-state index in [1.54, 1.807) is 11.8 Å². The second-order valence-corrected chi connectivity index (χ2v) is 7.14. The number of anilines is 1. The highest BCUT2D eigenvalue weighted by atomic mass is 32.2. The molecule has 0 spiro atoms. The first-order chi connectivity index (χ1) is 12.7. The van der Waals surface area contributed by atoms with Crippen molar-refractivity contribution in [3.8, 4) is 0 Å². The molecule has 5 heteroatoms. The van der Waals surface area contributed by atoms with Crippen molar-refractivity contribution in [1.29, 1.82) is 0 Å². The van der Waals surface area contributed by atoms with E-state index in [0.717, 1.165) is 38.4 Å². The van der Waals surface area contributed by atoms with Gasteiger partial charge in [0.2, 0.25) is 0 Å². The van der Waals surface area contributed by atoms with Gasteiger partial charge in [0.25, 0.3) is 0 Å². The molecule has 0 atom stereocenters. The van der Waals surface area contributed by atoms with Crippen LogP contribution in [0.25, 0.3) is 6.08 Å². The van der Waals surface area contributed by atoms with Crippen molar-refractivity contribution in [3.63, 3.8) is 0 Å². The molecule has 0 unspecified atom stereocenters. The molecule has 1 N–H and O–H groups in total. The van der Waals surface area contributed by atoms with Gasteiger partial charge in [0.15, 0.2) is 0 Å². The number of carbonyl (C=O) groups excluding carboxylic acids is 1. The summed E-state index contributed by atoms with van der Waals surface area (Å²) in [5, 5.41) is 2.99. The van der Waals surface area contributed by atoms with Crippen molar-refractivity contribution in [2.75, 3.05) is 44.3 Å². The molecule has 1 fully saturated rings. The quantitative estimate of drug-likeness (QED) is 0.802. The summed E-state index contributed by atoms with van der Waals surface area (Å²) in [6.07, 6.45) is 6.39. The van der Waals surface area contributed by atoms with Crippen LogP contribution in [0.5, 0.6) is 0 Å². The number of benzene rings is 2. The lowest BCUT2D eigenvalue weighted by molar-refractivity contribution is 0.156. The van der Waals surface area contributed by atoms with Crippen LogP contribution in [-0.4, -0.2) is 54.8 Å². The van der Waals surface area contributed by atoms with Crippen LogP contribution >= 0.6 is 11.8 Å².